The lowest BCUT2D eigenvalue weighted by molar-refractivity contribution is 0.112. The third kappa shape index (κ3) is 3.74. The van der Waals surface area contributed by atoms with Crippen LogP contribution in [0.2, 0.25) is 0 Å². The van der Waals surface area contributed by atoms with E-state index in [1.165, 1.54) is 12.1 Å². The van der Waals surface area contributed by atoms with Gasteiger partial charge in [0.15, 0.2) is 5.65 Å². The van der Waals surface area contributed by atoms with E-state index in [2.05, 4.69) is 25.6 Å². The van der Waals surface area contributed by atoms with Crippen LogP contribution in [-0.4, -0.2) is 36.8 Å². The highest BCUT2D eigenvalue weighted by Crippen LogP contribution is 2.35. The Morgan fingerprint density at radius 1 is 1.03 bits per heavy atom. The van der Waals surface area contributed by atoms with Crippen molar-refractivity contribution in [3.8, 4) is 0 Å². The summed E-state index contributed by atoms with van der Waals surface area (Å²) in [5.74, 6) is -0.337. The van der Waals surface area contributed by atoms with Crippen molar-refractivity contribution in [1.29, 1.82) is 0 Å². The van der Waals surface area contributed by atoms with E-state index >= 15 is 0 Å². The molecule has 2 fully saturated rings. The summed E-state index contributed by atoms with van der Waals surface area (Å²) in [5.41, 5.74) is 1.40. The maximum atomic E-state index is 14.2. The Hall–Kier alpha value is -2.81. The fourth-order valence-corrected chi connectivity index (χ4v) is 3.83. The summed E-state index contributed by atoms with van der Waals surface area (Å²) in [6, 6.07) is 3.87. The van der Waals surface area contributed by atoms with Crippen LogP contribution < -0.4 is 10.6 Å². The minimum absolute atomic E-state index is 0.0677. The van der Waals surface area contributed by atoms with E-state index < -0.39 is 11.6 Å². The Labute approximate surface area is 166 Å². The molecule has 0 amide bonds. The molecular formula is C20H22F2N6O. The molecule has 0 radical (unpaired) electrons. The number of nitrogens with one attached hydrogen (secondary N) is 2. The van der Waals surface area contributed by atoms with Crippen molar-refractivity contribution in [2.24, 2.45) is 0 Å². The lowest BCUT2D eigenvalue weighted by Crippen LogP contribution is -2.22. The lowest BCUT2D eigenvalue weighted by Gasteiger charge is -2.28. The van der Waals surface area contributed by atoms with Crippen LogP contribution in [-0.2, 0) is 0 Å². The zero-order valence-corrected chi connectivity index (χ0v) is 15.8. The van der Waals surface area contributed by atoms with Gasteiger partial charge in [-0.2, -0.15) is 4.98 Å². The van der Waals surface area contributed by atoms with Crippen molar-refractivity contribution in [3.63, 3.8) is 0 Å². The molecule has 9 heteroatoms. The summed E-state index contributed by atoms with van der Waals surface area (Å²) >= 11 is 0. The van der Waals surface area contributed by atoms with Crippen LogP contribution >= 0.6 is 0 Å². The van der Waals surface area contributed by atoms with Gasteiger partial charge >= 0.3 is 0 Å². The van der Waals surface area contributed by atoms with Crippen LogP contribution in [0.4, 0.5) is 26.4 Å². The molecule has 2 aliphatic rings. The van der Waals surface area contributed by atoms with Gasteiger partial charge < -0.3 is 15.7 Å². The lowest BCUT2D eigenvalue weighted by atomic mass is 9.93. The SMILES string of the molecule is OC1CCC(n2c(Nc3ccc(F)cc3F)nc3cnc(NC4CC4)nc32)CC1. The van der Waals surface area contributed by atoms with Crippen LogP contribution in [0.5, 0.6) is 0 Å². The highest BCUT2D eigenvalue weighted by molar-refractivity contribution is 5.76. The highest BCUT2D eigenvalue weighted by Gasteiger charge is 2.27. The average Bonchev–Trinajstić information content (AvgIpc) is 3.44. The number of aromatic nitrogens is 4. The predicted molar refractivity (Wildman–Crippen MR) is 105 cm³/mol. The van der Waals surface area contributed by atoms with Crippen molar-refractivity contribution in [3.05, 3.63) is 36.0 Å². The molecule has 0 bridgehead atoms. The van der Waals surface area contributed by atoms with Crippen molar-refractivity contribution in [2.45, 2.75) is 56.7 Å². The Bertz CT molecular complexity index is 1040. The van der Waals surface area contributed by atoms with Gasteiger partial charge in [-0.05, 0) is 50.7 Å². The third-order valence-electron chi connectivity index (χ3n) is 5.55. The van der Waals surface area contributed by atoms with Crippen LogP contribution in [0.15, 0.2) is 24.4 Å². The Morgan fingerprint density at radius 3 is 2.55 bits per heavy atom. The molecule has 5 rings (SSSR count). The van der Waals surface area contributed by atoms with E-state index in [9.17, 15) is 13.9 Å². The molecule has 0 spiro atoms. The zero-order valence-electron chi connectivity index (χ0n) is 15.8. The van der Waals surface area contributed by atoms with Gasteiger partial charge in [-0.3, -0.25) is 4.57 Å². The van der Waals surface area contributed by atoms with Crippen molar-refractivity contribution < 1.29 is 13.9 Å². The molecule has 1 aromatic carbocycles. The monoisotopic (exact) mass is 400 g/mol. The molecule has 2 aromatic heterocycles. The average molecular weight is 400 g/mol. The molecule has 0 atom stereocenters. The van der Waals surface area contributed by atoms with E-state index in [1.807, 2.05) is 4.57 Å². The first kappa shape index (κ1) is 18.2. The van der Waals surface area contributed by atoms with Crippen LogP contribution in [0.25, 0.3) is 11.2 Å². The van der Waals surface area contributed by atoms with E-state index in [0.29, 0.717) is 41.9 Å². The van der Waals surface area contributed by atoms with Gasteiger partial charge in [0.2, 0.25) is 11.9 Å². The Morgan fingerprint density at radius 2 is 1.83 bits per heavy atom. The maximum Gasteiger partial charge on any atom is 0.224 e. The quantitative estimate of drug-likeness (QED) is 0.602. The summed E-state index contributed by atoms with van der Waals surface area (Å²) in [4.78, 5) is 13.6. The van der Waals surface area contributed by atoms with Gasteiger partial charge in [-0.25, -0.2) is 18.7 Å². The highest BCUT2D eigenvalue weighted by atomic mass is 19.1. The van der Waals surface area contributed by atoms with Gasteiger partial charge in [0, 0.05) is 18.2 Å². The number of fused-ring (bicyclic) bond motifs is 1. The molecule has 3 aromatic rings. The second-order valence-corrected chi connectivity index (χ2v) is 7.84. The number of benzene rings is 1. The normalized spacial score (nSPS) is 22.0. The number of nitrogens with zero attached hydrogens (tertiary/aromatic N) is 4. The minimum Gasteiger partial charge on any atom is -0.393 e. The molecule has 2 saturated carbocycles. The standard InChI is InChI=1S/C20H22F2N6O/c21-11-1-8-16(15(22)9-11)25-20-26-17-10-23-19(24-12-2-3-12)27-18(17)28(20)13-4-6-14(29)7-5-13/h1,8-10,12-14,29H,2-7H2,(H,25,26)(H,23,24,27). The zero-order chi connectivity index (χ0) is 20.0. The fraction of sp³-hybridized carbons (Fsp3) is 0.450. The van der Waals surface area contributed by atoms with Gasteiger partial charge in [0.25, 0.3) is 0 Å². The number of imidazole rings is 1. The molecule has 3 N–H and O–H groups in total. The number of halogens is 2. The largest absolute Gasteiger partial charge is 0.393 e. The predicted octanol–water partition coefficient (Wildman–Crippen LogP) is 3.90. The van der Waals surface area contributed by atoms with Crippen LogP contribution in [0, 0.1) is 11.6 Å². The maximum absolute atomic E-state index is 14.2. The Kier molecular flexibility index (Phi) is 4.54. The molecule has 0 saturated heterocycles. The smallest absolute Gasteiger partial charge is 0.224 e. The summed E-state index contributed by atoms with van der Waals surface area (Å²) in [6.07, 6.45) is 6.49. The minimum atomic E-state index is -0.690. The number of hydrogen-bond acceptors (Lipinski definition) is 6. The second kappa shape index (κ2) is 7.22. The van der Waals surface area contributed by atoms with Crippen LogP contribution in [0.1, 0.15) is 44.6 Å². The summed E-state index contributed by atoms with van der Waals surface area (Å²) in [6.45, 7) is 0. The third-order valence-corrected chi connectivity index (χ3v) is 5.55. The first-order valence-corrected chi connectivity index (χ1v) is 9.98. The van der Waals surface area contributed by atoms with Crippen molar-refractivity contribution in [1.82, 2.24) is 19.5 Å². The number of aliphatic hydroxyl groups excluding tert-OH is 1. The number of rotatable bonds is 5. The molecule has 0 aliphatic heterocycles. The number of anilines is 3. The van der Waals surface area contributed by atoms with E-state index in [1.54, 1.807) is 6.20 Å². The van der Waals surface area contributed by atoms with Gasteiger partial charge in [-0.1, -0.05) is 0 Å². The first-order chi connectivity index (χ1) is 14.1. The van der Waals surface area contributed by atoms with Gasteiger partial charge in [0.1, 0.15) is 17.2 Å². The molecule has 152 valence electrons. The Balaban J connectivity index is 1.56. The topological polar surface area (TPSA) is 87.9 Å². The fourth-order valence-electron chi connectivity index (χ4n) is 3.83. The second-order valence-electron chi connectivity index (χ2n) is 7.84. The van der Waals surface area contributed by atoms with E-state index in [-0.39, 0.29) is 17.8 Å². The van der Waals surface area contributed by atoms with E-state index in [4.69, 9.17) is 0 Å². The van der Waals surface area contributed by atoms with Crippen molar-refractivity contribution >= 4 is 28.7 Å². The number of hydrogen-bond donors (Lipinski definition) is 3. The van der Waals surface area contributed by atoms with Gasteiger partial charge in [-0.15, -0.1) is 0 Å². The summed E-state index contributed by atoms with van der Waals surface area (Å²) < 4.78 is 29.5. The number of aliphatic hydroxyl groups is 1. The molecule has 29 heavy (non-hydrogen) atoms. The molecule has 2 aliphatic carbocycles. The summed E-state index contributed by atoms with van der Waals surface area (Å²) in [5, 5.41) is 16.2. The summed E-state index contributed by atoms with van der Waals surface area (Å²) in [7, 11) is 0. The van der Waals surface area contributed by atoms with Crippen LogP contribution in [0.3, 0.4) is 0 Å². The van der Waals surface area contributed by atoms with Gasteiger partial charge in [0.05, 0.1) is 18.0 Å². The molecule has 0 unspecified atom stereocenters. The first-order valence-electron chi connectivity index (χ1n) is 9.98. The molecule has 7 nitrogen and oxygen atoms in total. The van der Waals surface area contributed by atoms with Crippen molar-refractivity contribution in [2.75, 3.05) is 10.6 Å². The molecular weight excluding hydrogens is 378 g/mol. The van der Waals surface area contributed by atoms with E-state index in [0.717, 1.165) is 31.7 Å². The molecule has 2 heterocycles.